The fourth-order valence-corrected chi connectivity index (χ4v) is 2.73. The molecule has 0 aromatic heterocycles. The average molecular weight is 236 g/mol. The minimum absolute atomic E-state index is 0.249. The summed E-state index contributed by atoms with van der Waals surface area (Å²) in [5.74, 6) is 3.63. The topological polar surface area (TPSA) is 15.3 Å². The Bertz CT molecular complexity index is 236. The van der Waals surface area contributed by atoms with Crippen molar-refractivity contribution in [3.8, 4) is 12.3 Å². The number of rotatable bonds is 6. The van der Waals surface area contributed by atoms with Crippen molar-refractivity contribution in [1.29, 1.82) is 0 Å². The van der Waals surface area contributed by atoms with E-state index in [9.17, 15) is 0 Å². The molecule has 0 spiro atoms. The molecule has 1 saturated heterocycles. The highest BCUT2D eigenvalue weighted by molar-refractivity contribution is 4.99. The molecule has 2 atom stereocenters. The van der Waals surface area contributed by atoms with Crippen LogP contribution in [0.4, 0.5) is 0 Å². The second-order valence-electron chi connectivity index (χ2n) is 5.26. The zero-order valence-corrected chi connectivity index (χ0v) is 11.7. The van der Waals surface area contributed by atoms with Gasteiger partial charge in [-0.1, -0.05) is 19.8 Å². The van der Waals surface area contributed by atoms with Crippen molar-refractivity contribution in [3.05, 3.63) is 0 Å². The maximum Gasteiger partial charge on any atom is 0.0686 e. The minimum atomic E-state index is 0.249. The molecular weight excluding hydrogens is 208 g/mol. The van der Waals surface area contributed by atoms with Crippen molar-refractivity contribution in [3.63, 3.8) is 0 Å². The maximum absolute atomic E-state index is 5.50. The van der Waals surface area contributed by atoms with Gasteiger partial charge in [0.2, 0.25) is 0 Å². The molecule has 98 valence electrons. The third-order valence-corrected chi connectivity index (χ3v) is 3.95. The summed E-state index contributed by atoms with van der Waals surface area (Å²) in [6.45, 7) is 10.5. The van der Waals surface area contributed by atoms with Gasteiger partial charge in [-0.05, 0) is 58.2 Å². The maximum atomic E-state index is 5.50. The van der Waals surface area contributed by atoms with Crippen LogP contribution in [0.1, 0.15) is 46.5 Å². The van der Waals surface area contributed by atoms with E-state index in [0.29, 0.717) is 6.04 Å². The van der Waals surface area contributed by atoms with Crippen molar-refractivity contribution in [2.24, 2.45) is 5.92 Å². The molecule has 1 aliphatic rings. The van der Waals surface area contributed by atoms with Gasteiger partial charge >= 0.3 is 0 Å². The minimum Gasteiger partial charge on any atom is -0.303 e. The van der Waals surface area contributed by atoms with E-state index in [1.807, 2.05) is 0 Å². The zero-order valence-electron chi connectivity index (χ0n) is 11.7. The number of nitrogens with zero attached hydrogens (tertiary/aromatic N) is 1. The van der Waals surface area contributed by atoms with Crippen molar-refractivity contribution < 1.29 is 0 Å². The fraction of sp³-hybridized carbons (Fsp3) is 0.867. The molecule has 0 bridgehead atoms. The number of hydrogen-bond acceptors (Lipinski definition) is 2. The first-order valence-corrected chi connectivity index (χ1v) is 7.15. The Hall–Kier alpha value is -0.520. The first-order chi connectivity index (χ1) is 8.21. The quantitative estimate of drug-likeness (QED) is 0.713. The molecule has 0 amide bonds. The van der Waals surface area contributed by atoms with Crippen molar-refractivity contribution in [2.75, 3.05) is 19.6 Å². The highest BCUT2D eigenvalue weighted by atomic mass is 15.1. The van der Waals surface area contributed by atoms with E-state index in [1.54, 1.807) is 0 Å². The highest BCUT2D eigenvalue weighted by Gasteiger charge is 2.24. The standard InChI is InChI=1S/C15H28N2/c1-5-10-17-11-8-14(9-12-17)13(4)16-15(6-2)7-3/h2,13-16H,5,7-12H2,1,3-4H3. The van der Waals surface area contributed by atoms with Gasteiger partial charge in [-0.15, -0.1) is 6.42 Å². The van der Waals surface area contributed by atoms with Gasteiger partial charge in [0.15, 0.2) is 0 Å². The molecule has 0 radical (unpaired) electrons. The normalized spacial score (nSPS) is 22.0. The van der Waals surface area contributed by atoms with Gasteiger partial charge in [-0.3, -0.25) is 0 Å². The predicted molar refractivity (Wildman–Crippen MR) is 75.0 cm³/mol. The lowest BCUT2D eigenvalue weighted by atomic mass is 9.89. The average Bonchev–Trinajstić information content (AvgIpc) is 2.37. The van der Waals surface area contributed by atoms with Crippen LogP contribution in [0.5, 0.6) is 0 Å². The van der Waals surface area contributed by atoms with Crippen LogP contribution in [0, 0.1) is 18.3 Å². The van der Waals surface area contributed by atoms with Crippen LogP contribution in [0.2, 0.25) is 0 Å². The Morgan fingerprint density at radius 2 is 2.00 bits per heavy atom. The van der Waals surface area contributed by atoms with Crippen LogP contribution < -0.4 is 5.32 Å². The van der Waals surface area contributed by atoms with Gasteiger partial charge in [-0.25, -0.2) is 0 Å². The Kier molecular flexibility index (Phi) is 6.62. The molecule has 1 aliphatic heterocycles. The van der Waals surface area contributed by atoms with Gasteiger partial charge in [0, 0.05) is 6.04 Å². The molecule has 0 saturated carbocycles. The molecule has 1 heterocycles. The second-order valence-corrected chi connectivity index (χ2v) is 5.26. The summed E-state index contributed by atoms with van der Waals surface area (Å²) in [5, 5.41) is 3.58. The van der Waals surface area contributed by atoms with Gasteiger partial charge in [0.1, 0.15) is 0 Å². The molecule has 1 fully saturated rings. The molecule has 17 heavy (non-hydrogen) atoms. The summed E-state index contributed by atoms with van der Waals surface area (Å²) in [7, 11) is 0. The zero-order chi connectivity index (χ0) is 12.7. The van der Waals surface area contributed by atoms with Crippen molar-refractivity contribution >= 4 is 0 Å². The molecule has 1 N–H and O–H groups in total. The summed E-state index contributed by atoms with van der Waals surface area (Å²) in [4.78, 5) is 2.59. The van der Waals surface area contributed by atoms with E-state index in [-0.39, 0.29) is 6.04 Å². The number of hydrogen-bond donors (Lipinski definition) is 1. The van der Waals surface area contributed by atoms with Crippen LogP contribution in [-0.4, -0.2) is 36.6 Å². The van der Waals surface area contributed by atoms with Crippen LogP contribution in [-0.2, 0) is 0 Å². The molecule has 0 aromatic rings. The van der Waals surface area contributed by atoms with E-state index >= 15 is 0 Å². The molecule has 0 aromatic carbocycles. The summed E-state index contributed by atoms with van der Waals surface area (Å²) in [6, 6.07) is 0.804. The predicted octanol–water partition coefficient (Wildman–Crippen LogP) is 2.50. The van der Waals surface area contributed by atoms with E-state index in [4.69, 9.17) is 6.42 Å². The summed E-state index contributed by atoms with van der Waals surface area (Å²) in [6.07, 6.45) is 10.4. The van der Waals surface area contributed by atoms with E-state index in [0.717, 1.165) is 12.3 Å². The summed E-state index contributed by atoms with van der Waals surface area (Å²) < 4.78 is 0. The summed E-state index contributed by atoms with van der Waals surface area (Å²) >= 11 is 0. The molecule has 2 unspecified atom stereocenters. The Morgan fingerprint density at radius 1 is 1.35 bits per heavy atom. The fourth-order valence-electron chi connectivity index (χ4n) is 2.73. The third-order valence-electron chi connectivity index (χ3n) is 3.95. The number of nitrogens with one attached hydrogen (secondary N) is 1. The van der Waals surface area contributed by atoms with Crippen LogP contribution in [0.25, 0.3) is 0 Å². The number of piperidine rings is 1. The van der Waals surface area contributed by atoms with Crippen molar-refractivity contribution in [2.45, 2.75) is 58.5 Å². The molecule has 0 aliphatic carbocycles. The molecular formula is C15H28N2. The van der Waals surface area contributed by atoms with E-state index < -0.39 is 0 Å². The van der Waals surface area contributed by atoms with Gasteiger partial charge in [0.25, 0.3) is 0 Å². The lowest BCUT2D eigenvalue weighted by molar-refractivity contribution is 0.160. The van der Waals surface area contributed by atoms with Crippen LogP contribution in [0.3, 0.4) is 0 Å². The first kappa shape index (κ1) is 14.5. The Morgan fingerprint density at radius 3 is 2.47 bits per heavy atom. The molecule has 1 rings (SSSR count). The Labute approximate surface area is 107 Å². The number of terminal acetylenes is 1. The van der Waals surface area contributed by atoms with Gasteiger partial charge in [-0.2, -0.15) is 0 Å². The largest absolute Gasteiger partial charge is 0.303 e. The lowest BCUT2D eigenvalue weighted by Crippen LogP contribution is -2.45. The van der Waals surface area contributed by atoms with Gasteiger partial charge in [0.05, 0.1) is 6.04 Å². The summed E-state index contributed by atoms with van der Waals surface area (Å²) in [5.41, 5.74) is 0. The SMILES string of the molecule is C#CC(CC)NC(C)C1CCN(CCC)CC1. The monoisotopic (exact) mass is 236 g/mol. The lowest BCUT2D eigenvalue weighted by Gasteiger charge is -2.35. The number of likely N-dealkylation sites (tertiary alicyclic amines) is 1. The van der Waals surface area contributed by atoms with E-state index in [1.165, 1.54) is 38.9 Å². The third kappa shape index (κ3) is 4.69. The highest BCUT2D eigenvalue weighted by Crippen LogP contribution is 2.21. The van der Waals surface area contributed by atoms with E-state index in [2.05, 4.69) is 36.9 Å². The molecule has 2 nitrogen and oxygen atoms in total. The smallest absolute Gasteiger partial charge is 0.0686 e. The van der Waals surface area contributed by atoms with Crippen LogP contribution >= 0.6 is 0 Å². The Balaban J connectivity index is 2.30. The van der Waals surface area contributed by atoms with Crippen molar-refractivity contribution in [1.82, 2.24) is 10.2 Å². The first-order valence-electron chi connectivity index (χ1n) is 7.15. The van der Waals surface area contributed by atoms with Gasteiger partial charge < -0.3 is 10.2 Å². The molecule has 2 heteroatoms. The van der Waals surface area contributed by atoms with Crippen LogP contribution in [0.15, 0.2) is 0 Å². The second kappa shape index (κ2) is 7.74.